The first-order chi connectivity index (χ1) is 16.3. The van der Waals surface area contributed by atoms with Crippen molar-refractivity contribution in [1.82, 2.24) is 0 Å². The van der Waals surface area contributed by atoms with E-state index in [1.165, 1.54) is 14.2 Å². The fourth-order valence-corrected chi connectivity index (χ4v) is 4.32. The van der Waals surface area contributed by atoms with Gasteiger partial charge in [0.15, 0.2) is 11.6 Å². The minimum atomic E-state index is -0.474. The van der Waals surface area contributed by atoms with E-state index in [0.29, 0.717) is 0 Å². The highest BCUT2D eigenvalue weighted by Gasteiger charge is 2.31. The number of aromatic hydroxyl groups is 4. The number of ether oxygens (including phenoxy) is 2. The summed E-state index contributed by atoms with van der Waals surface area (Å²) in [6, 6.07) is 0. The van der Waals surface area contributed by atoms with Gasteiger partial charge in [-0.3, -0.25) is 9.59 Å². The molecule has 0 fully saturated rings. The average molecular weight is 489 g/mol. The molecule has 0 atom stereocenters. The van der Waals surface area contributed by atoms with Crippen molar-refractivity contribution in [2.24, 2.45) is 11.8 Å². The van der Waals surface area contributed by atoms with Crippen LogP contribution in [-0.4, -0.2) is 46.2 Å². The predicted molar refractivity (Wildman–Crippen MR) is 132 cm³/mol. The lowest BCUT2D eigenvalue weighted by Crippen LogP contribution is -2.10. The molecule has 0 unspecified atom stereocenters. The van der Waals surface area contributed by atoms with Crippen LogP contribution in [0.5, 0.6) is 34.5 Å². The second kappa shape index (κ2) is 10.9. The van der Waals surface area contributed by atoms with Crippen LogP contribution in [0.25, 0.3) is 0 Å². The van der Waals surface area contributed by atoms with Gasteiger partial charge in [-0.2, -0.15) is 0 Å². The summed E-state index contributed by atoms with van der Waals surface area (Å²) in [4.78, 5) is 25.8. The van der Waals surface area contributed by atoms with E-state index in [0.717, 1.165) is 0 Å². The normalized spacial score (nSPS) is 11.3. The molecule has 8 heteroatoms. The van der Waals surface area contributed by atoms with Crippen molar-refractivity contribution in [1.29, 1.82) is 0 Å². The van der Waals surface area contributed by atoms with Crippen molar-refractivity contribution in [3.8, 4) is 34.5 Å². The van der Waals surface area contributed by atoms with Gasteiger partial charge in [0.1, 0.15) is 45.6 Å². The lowest BCUT2D eigenvalue weighted by atomic mass is 9.88. The lowest BCUT2D eigenvalue weighted by molar-refractivity contribution is 0.0953. The highest BCUT2D eigenvalue weighted by atomic mass is 16.5. The van der Waals surface area contributed by atoms with E-state index in [-0.39, 0.29) is 87.5 Å². The first kappa shape index (κ1) is 27.8. The van der Waals surface area contributed by atoms with E-state index in [4.69, 9.17) is 9.47 Å². The first-order valence-corrected chi connectivity index (χ1v) is 11.6. The maximum absolute atomic E-state index is 12.9. The molecule has 2 aromatic rings. The van der Waals surface area contributed by atoms with Gasteiger partial charge in [0.2, 0.25) is 0 Å². The van der Waals surface area contributed by atoms with Crippen LogP contribution >= 0.6 is 0 Å². The van der Waals surface area contributed by atoms with Crippen molar-refractivity contribution < 1.29 is 39.5 Å². The molecular weight excluding hydrogens is 452 g/mol. The number of hydrogen-bond donors (Lipinski definition) is 4. The molecule has 0 radical (unpaired) electrons. The van der Waals surface area contributed by atoms with Gasteiger partial charge in [-0.25, -0.2) is 0 Å². The van der Waals surface area contributed by atoms with Crippen LogP contribution in [0.2, 0.25) is 0 Å². The second-order valence-electron chi connectivity index (χ2n) is 9.64. The molecule has 0 spiro atoms. The molecule has 2 rings (SSSR count). The monoisotopic (exact) mass is 488 g/mol. The summed E-state index contributed by atoms with van der Waals surface area (Å²) in [5, 5.41) is 43.6. The summed E-state index contributed by atoms with van der Waals surface area (Å²) in [6.45, 7) is 10.5. The number of carbonyl (C=O) groups is 2. The number of methoxy groups -OCH3 is 2. The van der Waals surface area contributed by atoms with Crippen LogP contribution in [0.15, 0.2) is 0 Å². The van der Waals surface area contributed by atoms with Gasteiger partial charge in [-0.05, 0) is 25.7 Å². The number of phenolic OH excluding ortho intramolecular Hbond substituents is 4. The Morgan fingerprint density at radius 3 is 1.23 bits per heavy atom. The van der Waals surface area contributed by atoms with Crippen LogP contribution < -0.4 is 9.47 Å². The standard InChI is InChI=1S/C27H36O8/c1-12(2)9-18(28)20-22(30)14(5)26(34-7)16(24(20)32)11-17-25(33)21(19(29)10-13(3)4)23(31)15(6)27(17)35-8/h12-13,30-33H,9-11H2,1-8H3. The zero-order valence-corrected chi connectivity index (χ0v) is 21.7. The molecule has 35 heavy (non-hydrogen) atoms. The summed E-state index contributed by atoms with van der Waals surface area (Å²) in [7, 11) is 2.72. The Morgan fingerprint density at radius 2 is 0.971 bits per heavy atom. The molecule has 8 nitrogen and oxygen atoms in total. The van der Waals surface area contributed by atoms with Crippen molar-refractivity contribution in [2.75, 3.05) is 14.2 Å². The molecule has 0 aliphatic carbocycles. The number of carbonyl (C=O) groups excluding carboxylic acids is 2. The van der Waals surface area contributed by atoms with Crippen molar-refractivity contribution >= 4 is 11.6 Å². The van der Waals surface area contributed by atoms with Crippen molar-refractivity contribution in [3.05, 3.63) is 33.4 Å². The zero-order chi connectivity index (χ0) is 26.8. The van der Waals surface area contributed by atoms with Crippen molar-refractivity contribution in [3.63, 3.8) is 0 Å². The number of Topliss-reactive ketones (excluding diaryl/α,β-unsaturated/α-hetero) is 2. The smallest absolute Gasteiger partial charge is 0.170 e. The largest absolute Gasteiger partial charge is 0.507 e. The molecule has 2 aromatic carbocycles. The van der Waals surface area contributed by atoms with Gasteiger partial charge in [0, 0.05) is 41.5 Å². The molecule has 4 N–H and O–H groups in total. The minimum Gasteiger partial charge on any atom is -0.507 e. The van der Waals surface area contributed by atoms with Crippen LogP contribution in [0.4, 0.5) is 0 Å². The number of ketones is 2. The maximum Gasteiger partial charge on any atom is 0.170 e. The summed E-state index contributed by atoms with van der Waals surface area (Å²) in [5.74, 6) is -2.33. The van der Waals surface area contributed by atoms with Gasteiger partial charge in [0.05, 0.1) is 14.2 Å². The Labute approximate surface area is 206 Å². The fraction of sp³-hybridized carbons (Fsp3) is 0.481. The Hall–Kier alpha value is -3.42. The molecule has 0 amide bonds. The van der Waals surface area contributed by atoms with Crippen molar-refractivity contribution in [2.45, 2.75) is 60.8 Å². The van der Waals surface area contributed by atoms with Gasteiger partial charge < -0.3 is 29.9 Å². The Morgan fingerprint density at radius 1 is 0.657 bits per heavy atom. The molecule has 0 aromatic heterocycles. The molecule has 0 saturated carbocycles. The zero-order valence-electron chi connectivity index (χ0n) is 21.7. The highest BCUT2D eigenvalue weighted by molar-refractivity contribution is 6.03. The second-order valence-corrected chi connectivity index (χ2v) is 9.64. The number of hydrogen-bond acceptors (Lipinski definition) is 8. The van der Waals surface area contributed by atoms with E-state index >= 15 is 0 Å². The Bertz CT molecular complexity index is 1060. The lowest BCUT2D eigenvalue weighted by Gasteiger charge is -2.22. The predicted octanol–water partition coefficient (Wildman–Crippen LogP) is 5.19. The topological polar surface area (TPSA) is 134 Å². The van der Waals surface area contributed by atoms with E-state index in [9.17, 15) is 30.0 Å². The molecular formula is C27H36O8. The summed E-state index contributed by atoms with van der Waals surface area (Å²) in [6.07, 6.45) is 0.0102. The minimum absolute atomic E-state index is 0.00873. The summed E-state index contributed by atoms with van der Waals surface area (Å²) < 4.78 is 10.9. The number of rotatable bonds is 10. The molecule has 0 aliphatic rings. The summed E-state index contributed by atoms with van der Waals surface area (Å²) in [5.41, 5.74) is 0.316. The quantitative estimate of drug-likeness (QED) is 0.336. The van der Waals surface area contributed by atoms with E-state index in [2.05, 4.69) is 0 Å². The molecule has 0 bridgehead atoms. The Balaban J connectivity index is 2.86. The van der Waals surface area contributed by atoms with E-state index < -0.39 is 23.1 Å². The molecule has 0 saturated heterocycles. The van der Waals surface area contributed by atoms with Gasteiger partial charge in [-0.1, -0.05) is 27.7 Å². The highest BCUT2D eigenvalue weighted by Crippen LogP contribution is 2.48. The summed E-state index contributed by atoms with van der Waals surface area (Å²) >= 11 is 0. The van der Waals surface area contributed by atoms with Crippen LogP contribution in [-0.2, 0) is 6.42 Å². The van der Waals surface area contributed by atoms with Crippen LogP contribution in [0.1, 0.15) is 83.5 Å². The maximum atomic E-state index is 12.9. The SMILES string of the molecule is COc1c(C)c(O)c(C(=O)CC(C)C)c(O)c1Cc1c(O)c(C(=O)CC(C)C)c(O)c(C)c1OC. The third-order valence-corrected chi connectivity index (χ3v) is 5.97. The van der Waals surface area contributed by atoms with Gasteiger partial charge in [0.25, 0.3) is 0 Å². The third-order valence-electron chi connectivity index (χ3n) is 5.97. The van der Waals surface area contributed by atoms with Crippen LogP contribution in [0.3, 0.4) is 0 Å². The van der Waals surface area contributed by atoms with Gasteiger partial charge >= 0.3 is 0 Å². The Kier molecular flexibility index (Phi) is 8.65. The first-order valence-electron chi connectivity index (χ1n) is 11.6. The average Bonchev–Trinajstić information content (AvgIpc) is 2.75. The van der Waals surface area contributed by atoms with E-state index in [1.54, 1.807) is 13.8 Å². The number of benzene rings is 2. The molecule has 0 aliphatic heterocycles. The number of phenols is 4. The van der Waals surface area contributed by atoms with E-state index in [1.807, 2.05) is 27.7 Å². The van der Waals surface area contributed by atoms with Gasteiger partial charge in [-0.15, -0.1) is 0 Å². The molecule has 0 heterocycles. The van der Waals surface area contributed by atoms with Crippen LogP contribution in [0, 0.1) is 25.7 Å². The third kappa shape index (κ3) is 5.31. The molecule has 192 valence electrons. The fourth-order valence-electron chi connectivity index (χ4n) is 4.32.